The monoisotopic (exact) mass is 440 g/mol. The summed E-state index contributed by atoms with van der Waals surface area (Å²) in [7, 11) is 1.90. The molecule has 0 unspecified atom stereocenters. The molecular weight excluding hydrogens is 411 g/mol. The quantitative estimate of drug-likeness (QED) is 0.680. The lowest BCUT2D eigenvalue weighted by Gasteiger charge is -2.48. The summed E-state index contributed by atoms with van der Waals surface area (Å²) in [6.07, 6.45) is 7.79. The van der Waals surface area contributed by atoms with E-state index in [2.05, 4.69) is 4.90 Å². The highest BCUT2D eigenvalue weighted by Crippen LogP contribution is 2.43. The summed E-state index contributed by atoms with van der Waals surface area (Å²) < 4.78 is 11.9. The average molecular weight is 441 g/mol. The Hall–Kier alpha value is -1.01. The van der Waals surface area contributed by atoms with Crippen LogP contribution in [0.5, 0.6) is 5.75 Å². The minimum absolute atomic E-state index is 0.0230. The van der Waals surface area contributed by atoms with E-state index in [9.17, 15) is 4.79 Å². The maximum atomic E-state index is 13.0. The van der Waals surface area contributed by atoms with Crippen molar-refractivity contribution in [1.82, 2.24) is 9.80 Å². The van der Waals surface area contributed by atoms with Crippen molar-refractivity contribution in [3.05, 3.63) is 28.2 Å². The van der Waals surface area contributed by atoms with Gasteiger partial charge < -0.3 is 14.4 Å². The Labute approximate surface area is 183 Å². The van der Waals surface area contributed by atoms with Crippen LogP contribution in [0, 0.1) is 0 Å². The van der Waals surface area contributed by atoms with Crippen molar-refractivity contribution >= 4 is 29.1 Å². The number of para-hydroxylation sites is 1. The summed E-state index contributed by atoms with van der Waals surface area (Å²) in [5, 5.41) is 0.835. The first-order valence-electron chi connectivity index (χ1n) is 10.7. The van der Waals surface area contributed by atoms with Gasteiger partial charge in [-0.2, -0.15) is 0 Å². The number of nitrogens with zero attached hydrogens (tertiary/aromatic N) is 2. The van der Waals surface area contributed by atoms with Crippen molar-refractivity contribution in [3.8, 4) is 5.75 Å². The number of carbonyl (C=O) groups is 1. The van der Waals surface area contributed by atoms with Gasteiger partial charge in [-0.15, -0.1) is 0 Å². The van der Waals surface area contributed by atoms with Gasteiger partial charge in [0.2, 0.25) is 0 Å². The van der Waals surface area contributed by atoms with Crippen molar-refractivity contribution in [2.45, 2.75) is 62.6 Å². The highest BCUT2D eigenvalue weighted by Gasteiger charge is 2.47. The van der Waals surface area contributed by atoms with Crippen LogP contribution in [0.4, 0.5) is 0 Å². The molecule has 1 spiro atoms. The van der Waals surface area contributed by atoms with Gasteiger partial charge in [0.1, 0.15) is 0 Å². The number of likely N-dealkylation sites (tertiary alicyclic amines) is 1. The lowest BCUT2D eigenvalue weighted by molar-refractivity contribution is -0.139. The molecular formula is C22H30Cl2N2O3. The summed E-state index contributed by atoms with van der Waals surface area (Å²) in [5.74, 6) is 0.328. The number of carbonyl (C=O) groups excluding carboxylic acids is 1. The van der Waals surface area contributed by atoms with Crippen LogP contribution in [-0.2, 0) is 9.53 Å². The molecule has 1 aromatic rings. The third kappa shape index (κ3) is 4.53. The van der Waals surface area contributed by atoms with Gasteiger partial charge in [-0.3, -0.25) is 9.69 Å². The molecule has 4 rings (SSSR count). The molecule has 0 N–H and O–H groups in total. The Morgan fingerprint density at radius 1 is 1.24 bits per heavy atom. The Morgan fingerprint density at radius 3 is 2.62 bits per heavy atom. The van der Waals surface area contributed by atoms with E-state index >= 15 is 0 Å². The second kappa shape index (κ2) is 9.01. The van der Waals surface area contributed by atoms with E-state index in [-0.39, 0.29) is 24.2 Å². The molecule has 0 radical (unpaired) electrons. The molecule has 29 heavy (non-hydrogen) atoms. The molecule has 5 nitrogen and oxygen atoms in total. The van der Waals surface area contributed by atoms with E-state index in [4.69, 9.17) is 32.7 Å². The van der Waals surface area contributed by atoms with E-state index in [0.717, 1.165) is 51.8 Å². The number of rotatable bonds is 5. The standard InChI is InChI=1S/C22H30Cl2N2O3/c1-25(20(27)15-28-21-16(23)6-4-7-17(21)24)18-8-10-22(9-5-13-29-22)14-19(18)26-11-2-3-12-26/h4,6-7,18-19H,2-3,5,8-15H2,1H3/t18-,19-,22+/m0/s1. The van der Waals surface area contributed by atoms with Crippen LogP contribution in [0.15, 0.2) is 18.2 Å². The Kier molecular flexibility index (Phi) is 6.59. The molecule has 0 bridgehead atoms. The molecule has 1 aromatic carbocycles. The van der Waals surface area contributed by atoms with Gasteiger partial charge in [-0.1, -0.05) is 29.3 Å². The first-order chi connectivity index (χ1) is 14.0. The maximum absolute atomic E-state index is 13.0. The van der Waals surface area contributed by atoms with E-state index in [1.807, 2.05) is 11.9 Å². The summed E-state index contributed by atoms with van der Waals surface area (Å²) in [5.41, 5.74) is 0.0230. The number of benzene rings is 1. The molecule has 3 atom stereocenters. The molecule has 2 saturated heterocycles. The fraction of sp³-hybridized carbons (Fsp3) is 0.682. The third-order valence-corrected chi connectivity index (χ3v) is 7.46. The van der Waals surface area contributed by atoms with Crippen LogP contribution in [0.25, 0.3) is 0 Å². The van der Waals surface area contributed by atoms with E-state index in [1.54, 1.807) is 18.2 Å². The number of hydrogen-bond donors (Lipinski definition) is 0. The van der Waals surface area contributed by atoms with Crippen molar-refractivity contribution in [1.29, 1.82) is 0 Å². The number of likely N-dealkylation sites (N-methyl/N-ethyl adjacent to an activating group) is 1. The smallest absolute Gasteiger partial charge is 0.260 e. The lowest BCUT2D eigenvalue weighted by Crippen LogP contribution is -2.58. The average Bonchev–Trinajstić information content (AvgIpc) is 3.39. The summed E-state index contributed by atoms with van der Waals surface area (Å²) in [4.78, 5) is 17.4. The van der Waals surface area contributed by atoms with Crippen LogP contribution in [0.1, 0.15) is 44.9 Å². The van der Waals surface area contributed by atoms with E-state index in [1.165, 1.54) is 12.8 Å². The van der Waals surface area contributed by atoms with Gasteiger partial charge in [-0.25, -0.2) is 0 Å². The number of halogens is 2. The Balaban J connectivity index is 1.44. The minimum atomic E-state index is -0.0647. The lowest BCUT2D eigenvalue weighted by atomic mass is 9.76. The molecule has 160 valence electrons. The zero-order chi connectivity index (χ0) is 20.4. The first kappa shape index (κ1) is 21.2. The number of amides is 1. The zero-order valence-electron chi connectivity index (χ0n) is 17.0. The van der Waals surface area contributed by atoms with Gasteiger partial charge >= 0.3 is 0 Å². The largest absolute Gasteiger partial charge is 0.481 e. The Morgan fingerprint density at radius 2 is 1.97 bits per heavy atom. The second-order valence-electron chi connectivity index (χ2n) is 8.60. The second-order valence-corrected chi connectivity index (χ2v) is 9.41. The molecule has 3 aliphatic rings. The fourth-order valence-corrected chi connectivity index (χ4v) is 5.78. The number of hydrogen-bond acceptors (Lipinski definition) is 4. The van der Waals surface area contributed by atoms with Crippen LogP contribution < -0.4 is 4.74 Å². The molecule has 2 heterocycles. The SMILES string of the molecule is CN(C(=O)COc1c(Cl)cccc1Cl)[C@H]1CC[C@]2(CCCO2)C[C@@H]1N1CCCC1. The van der Waals surface area contributed by atoms with Crippen molar-refractivity contribution < 1.29 is 14.3 Å². The van der Waals surface area contributed by atoms with E-state index < -0.39 is 0 Å². The maximum Gasteiger partial charge on any atom is 0.260 e. The normalized spacial score (nSPS) is 30.0. The van der Waals surface area contributed by atoms with Crippen LogP contribution >= 0.6 is 23.2 Å². The molecule has 1 amide bonds. The fourth-order valence-electron chi connectivity index (χ4n) is 5.27. The minimum Gasteiger partial charge on any atom is -0.481 e. The summed E-state index contributed by atoms with van der Waals surface area (Å²) in [6, 6.07) is 5.71. The van der Waals surface area contributed by atoms with Gasteiger partial charge in [0, 0.05) is 25.7 Å². The highest BCUT2D eigenvalue weighted by molar-refractivity contribution is 6.37. The molecule has 2 aliphatic heterocycles. The summed E-state index contributed by atoms with van der Waals surface area (Å²) in [6.45, 7) is 3.04. The third-order valence-electron chi connectivity index (χ3n) is 6.87. The van der Waals surface area contributed by atoms with Crippen molar-refractivity contribution in [2.24, 2.45) is 0 Å². The molecule has 1 aliphatic carbocycles. The Bertz CT molecular complexity index is 713. The predicted octanol–water partition coefficient (Wildman–Crippen LogP) is 4.40. The predicted molar refractivity (Wildman–Crippen MR) is 115 cm³/mol. The van der Waals surface area contributed by atoms with Gasteiger partial charge in [-0.05, 0) is 70.2 Å². The first-order valence-corrected chi connectivity index (χ1v) is 11.5. The van der Waals surface area contributed by atoms with Crippen molar-refractivity contribution in [3.63, 3.8) is 0 Å². The molecule has 1 saturated carbocycles. The molecule has 7 heteroatoms. The van der Waals surface area contributed by atoms with Crippen LogP contribution in [0.2, 0.25) is 10.0 Å². The van der Waals surface area contributed by atoms with E-state index in [0.29, 0.717) is 21.8 Å². The van der Waals surface area contributed by atoms with Gasteiger partial charge in [0.05, 0.1) is 15.6 Å². The highest BCUT2D eigenvalue weighted by atomic mass is 35.5. The topological polar surface area (TPSA) is 42.0 Å². The molecule has 0 aromatic heterocycles. The number of ether oxygens (including phenoxy) is 2. The zero-order valence-corrected chi connectivity index (χ0v) is 18.6. The van der Waals surface area contributed by atoms with Crippen molar-refractivity contribution in [2.75, 3.05) is 33.4 Å². The van der Waals surface area contributed by atoms with Gasteiger partial charge in [0.15, 0.2) is 12.4 Å². The molecule has 3 fully saturated rings. The van der Waals surface area contributed by atoms with Crippen LogP contribution in [0.3, 0.4) is 0 Å². The van der Waals surface area contributed by atoms with Gasteiger partial charge in [0.25, 0.3) is 5.91 Å². The summed E-state index contributed by atoms with van der Waals surface area (Å²) >= 11 is 12.3. The van der Waals surface area contributed by atoms with Crippen LogP contribution in [-0.4, -0.2) is 66.7 Å².